The van der Waals surface area contributed by atoms with Crippen molar-refractivity contribution in [1.82, 2.24) is 4.90 Å². The van der Waals surface area contributed by atoms with Crippen LogP contribution in [0.25, 0.3) is 0 Å². The Morgan fingerprint density at radius 2 is 2.05 bits per heavy atom. The van der Waals surface area contributed by atoms with E-state index in [0.717, 1.165) is 38.6 Å². The third-order valence-electron chi connectivity index (χ3n) is 4.39. The summed E-state index contributed by atoms with van der Waals surface area (Å²) in [6.07, 6.45) is 6.54. The van der Waals surface area contributed by atoms with Crippen molar-refractivity contribution in [2.24, 2.45) is 0 Å². The van der Waals surface area contributed by atoms with E-state index < -0.39 is 0 Å². The Hall–Kier alpha value is -1.35. The maximum atomic E-state index is 12.4. The second-order valence-corrected chi connectivity index (χ2v) is 6.09. The third kappa shape index (κ3) is 4.85. The number of rotatable bonds is 6. The van der Waals surface area contributed by atoms with Crippen LogP contribution in [0.5, 0.6) is 0 Å². The highest BCUT2D eigenvalue weighted by atomic mass is 16.3. The Labute approximate surface area is 128 Å². The van der Waals surface area contributed by atoms with Gasteiger partial charge in [0.2, 0.25) is 5.91 Å². The second kappa shape index (κ2) is 8.18. The van der Waals surface area contributed by atoms with Crippen molar-refractivity contribution in [3.63, 3.8) is 0 Å². The monoisotopic (exact) mass is 289 g/mol. The third-order valence-corrected chi connectivity index (χ3v) is 4.39. The van der Waals surface area contributed by atoms with Gasteiger partial charge in [-0.1, -0.05) is 29.8 Å². The van der Waals surface area contributed by atoms with Crippen LogP contribution >= 0.6 is 0 Å². The van der Waals surface area contributed by atoms with E-state index in [0.29, 0.717) is 6.42 Å². The normalized spacial score (nSPS) is 18.8. The van der Waals surface area contributed by atoms with Gasteiger partial charge in [0.15, 0.2) is 0 Å². The molecule has 3 heteroatoms. The lowest BCUT2D eigenvalue weighted by Crippen LogP contribution is -2.44. The van der Waals surface area contributed by atoms with Crippen molar-refractivity contribution in [3.05, 3.63) is 35.4 Å². The van der Waals surface area contributed by atoms with Crippen molar-refractivity contribution < 1.29 is 9.90 Å². The van der Waals surface area contributed by atoms with Crippen LogP contribution in [0.2, 0.25) is 0 Å². The van der Waals surface area contributed by atoms with Gasteiger partial charge >= 0.3 is 0 Å². The van der Waals surface area contributed by atoms with Crippen molar-refractivity contribution in [2.75, 3.05) is 13.2 Å². The fraction of sp³-hybridized carbons (Fsp3) is 0.611. The van der Waals surface area contributed by atoms with Crippen LogP contribution < -0.4 is 0 Å². The van der Waals surface area contributed by atoms with Gasteiger partial charge in [0.1, 0.15) is 0 Å². The molecule has 0 aromatic heterocycles. The van der Waals surface area contributed by atoms with E-state index in [4.69, 9.17) is 5.11 Å². The van der Waals surface area contributed by atoms with E-state index in [2.05, 4.69) is 31.2 Å². The van der Waals surface area contributed by atoms with Crippen molar-refractivity contribution >= 4 is 5.91 Å². The Bertz CT molecular complexity index is 439. The summed E-state index contributed by atoms with van der Waals surface area (Å²) in [5, 5.41) is 9.13. The molecule has 1 aliphatic heterocycles. The van der Waals surface area contributed by atoms with Gasteiger partial charge in [-0.25, -0.2) is 0 Å². The number of likely N-dealkylation sites (tertiary alicyclic amines) is 1. The number of carbonyl (C=O) groups excluding carboxylic acids is 1. The average Bonchev–Trinajstić information content (AvgIpc) is 2.50. The minimum atomic E-state index is 0.178. The summed E-state index contributed by atoms with van der Waals surface area (Å²) < 4.78 is 0. The first-order valence-corrected chi connectivity index (χ1v) is 8.16. The van der Waals surface area contributed by atoms with E-state index in [-0.39, 0.29) is 18.6 Å². The van der Waals surface area contributed by atoms with Crippen LogP contribution in [-0.4, -0.2) is 35.1 Å². The van der Waals surface area contributed by atoms with E-state index in [1.807, 2.05) is 4.90 Å². The lowest BCUT2D eigenvalue weighted by atomic mass is 9.98. The Balaban J connectivity index is 1.78. The molecule has 1 unspecified atom stereocenters. The quantitative estimate of drug-likeness (QED) is 0.874. The predicted molar refractivity (Wildman–Crippen MR) is 85.2 cm³/mol. The number of aliphatic hydroxyl groups is 1. The molecule has 116 valence electrons. The smallest absolute Gasteiger partial charge is 0.222 e. The van der Waals surface area contributed by atoms with Gasteiger partial charge in [-0.15, -0.1) is 0 Å². The number of hydrogen-bond acceptors (Lipinski definition) is 2. The molecular weight excluding hydrogens is 262 g/mol. The fourth-order valence-electron chi connectivity index (χ4n) is 3.12. The Morgan fingerprint density at radius 3 is 2.76 bits per heavy atom. The molecule has 1 N–H and O–H groups in total. The summed E-state index contributed by atoms with van der Waals surface area (Å²) in [6.45, 7) is 3.14. The summed E-state index contributed by atoms with van der Waals surface area (Å²) in [4.78, 5) is 14.4. The zero-order valence-corrected chi connectivity index (χ0v) is 13.1. The van der Waals surface area contributed by atoms with Gasteiger partial charge < -0.3 is 10.0 Å². The topological polar surface area (TPSA) is 40.5 Å². The minimum absolute atomic E-state index is 0.178. The summed E-state index contributed by atoms with van der Waals surface area (Å²) >= 11 is 0. The molecule has 0 aliphatic carbocycles. The maximum Gasteiger partial charge on any atom is 0.222 e. The van der Waals surface area contributed by atoms with Crippen LogP contribution in [0.1, 0.15) is 49.7 Å². The molecule has 0 radical (unpaired) electrons. The molecule has 1 fully saturated rings. The van der Waals surface area contributed by atoms with Crippen molar-refractivity contribution in [2.45, 2.75) is 57.9 Å². The summed E-state index contributed by atoms with van der Waals surface area (Å²) in [5.41, 5.74) is 2.58. The van der Waals surface area contributed by atoms with E-state index >= 15 is 0 Å². The van der Waals surface area contributed by atoms with Gasteiger partial charge in [-0.3, -0.25) is 4.79 Å². The number of nitrogens with zero attached hydrogens (tertiary/aromatic N) is 1. The highest BCUT2D eigenvalue weighted by Gasteiger charge is 2.25. The summed E-state index contributed by atoms with van der Waals surface area (Å²) in [5.74, 6) is 0.264. The van der Waals surface area contributed by atoms with Crippen LogP contribution in [0, 0.1) is 6.92 Å². The molecular formula is C18H27NO2. The molecule has 0 bridgehead atoms. The summed E-state index contributed by atoms with van der Waals surface area (Å²) in [6, 6.07) is 8.80. The number of hydrogen-bond donors (Lipinski definition) is 1. The Morgan fingerprint density at radius 1 is 1.29 bits per heavy atom. The molecule has 1 heterocycles. The molecule has 1 amide bonds. The molecule has 0 spiro atoms. The standard InChI is InChI=1S/C18H27NO2/c1-15-8-10-16(11-9-15)5-4-7-18(21)19-13-3-2-6-17(19)12-14-20/h8-11,17,20H,2-7,12-14H2,1H3. The number of aliphatic hydroxyl groups excluding tert-OH is 1. The molecule has 21 heavy (non-hydrogen) atoms. The molecule has 1 aromatic carbocycles. The highest BCUT2D eigenvalue weighted by Crippen LogP contribution is 2.21. The Kier molecular flexibility index (Phi) is 6.24. The maximum absolute atomic E-state index is 12.4. The van der Waals surface area contributed by atoms with Crippen LogP contribution in [-0.2, 0) is 11.2 Å². The second-order valence-electron chi connectivity index (χ2n) is 6.09. The van der Waals surface area contributed by atoms with Crippen LogP contribution in [0.15, 0.2) is 24.3 Å². The highest BCUT2D eigenvalue weighted by molar-refractivity contribution is 5.76. The molecule has 3 nitrogen and oxygen atoms in total. The number of amides is 1. The first kappa shape index (κ1) is 16.0. The lowest BCUT2D eigenvalue weighted by Gasteiger charge is -2.35. The lowest BCUT2D eigenvalue weighted by molar-refractivity contribution is -0.135. The van der Waals surface area contributed by atoms with Gasteiger partial charge in [0.25, 0.3) is 0 Å². The van der Waals surface area contributed by atoms with Crippen molar-refractivity contribution in [1.29, 1.82) is 0 Å². The average molecular weight is 289 g/mol. The molecule has 2 rings (SSSR count). The van der Waals surface area contributed by atoms with Crippen LogP contribution in [0.4, 0.5) is 0 Å². The largest absolute Gasteiger partial charge is 0.396 e. The van der Waals surface area contributed by atoms with E-state index in [1.54, 1.807) is 0 Å². The molecule has 1 saturated heterocycles. The fourth-order valence-corrected chi connectivity index (χ4v) is 3.12. The van der Waals surface area contributed by atoms with E-state index in [1.165, 1.54) is 17.5 Å². The summed E-state index contributed by atoms with van der Waals surface area (Å²) in [7, 11) is 0. The van der Waals surface area contributed by atoms with Gasteiger partial charge in [-0.2, -0.15) is 0 Å². The van der Waals surface area contributed by atoms with Gasteiger partial charge in [0, 0.05) is 25.6 Å². The van der Waals surface area contributed by atoms with Crippen molar-refractivity contribution in [3.8, 4) is 0 Å². The predicted octanol–water partition coefficient (Wildman–Crippen LogP) is 3.08. The zero-order valence-electron chi connectivity index (χ0n) is 13.1. The number of carbonyl (C=O) groups is 1. The molecule has 1 aliphatic rings. The van der Waals surface area contributed by atoms with E-state index in [9.17, 15) is 4.79 Å². The SMILES string of the molecule is Cc1ccc(CCCC(=O)N2CCCCC2CCO)cc1. The number of piperidine rings is 1. The molecule has 0 saturated carbocycles. The number of benzene rings is 1. The first-order chi connectivity index (χ1) is 10.2. The minimum Gasteiger partial charge on any atom is -0.396 e. The molecule has 1 aromatic rings. The first-order valence-electron chi connectivity index (χ1n) is 8.16. The van der Waals surface area contributed by atoms with Gasteiger partial charge in [0.05, 0.1) is 0 Å². The number of aryl methyl sites for hydroxylation is 2. The van der Waals surface area contributed by atoms with Crippen LogP contribution in [0.3, 0.4) is 0 Å². The zero-order chi connectivity index (χ0) is 15.1. The molecule has 1 atom stereocenters. The van der Waals surface area contributed by atoms with Gasteiger partial charge in [-0.05, 0) is 51.0 Å².